The minimum absolute atomic E-state index is 0.446. The molecule has 0 rings (SSSR count). The van der Waals surface area contributed by atoms with Gasteiger partial charge in [-0.05, 0) is 20.0 Å². The van der Waals surface area contributed by atoms with Crippen molar-refractivity contribution < 1.29 is 13.6 Å². The van der Waals surface area contributed by atoms with Gasteiger partial charge in [0.25, 0.3) is 6.47 Å². The van der Waals surface area contributed by atoms with E-state index in [2.05, 4.69) is 0 Å². The molecule has 4 heteroatoms. The fraction of sp³-hybridized carbons (Fsp3) is 0.800. The van der Waals surface area contributed by atoms with E-state index in [9.17, 15) is 4.79 Å². The van der Waals surface area contributed by atoms with Gasteiger partial charge in [0.15, 0.2) is 0 Å². The Balaban J connectivity index is 3.55. The zero-order chi connectivity index (χ0) is 7.33. The van der Waals surface area contributed by atoms with Crippen LogP contribution in [0.2, 0.25) is 13.1 Å². The Bertz CT molecular complexity index is 92.2. The first-order chi connectivity index (χ1) is 4.12. The normalized spacial score (nSPS) is 11.0. The SMILES string of the molecule is CCO[Si](C)(C)OC=O. The lowest BCUT2D eigenvalue weighted by Crippen LogP contribution is -2.34. The first-order valence-corrected chi connectivity index (χ1v) is 5.69. The molecule has 0 bridgehead atoms. The van der Waals surface area contributed by atoms with Crippen molar-refractivity contribution in [2.24, 2.45) is 0 Å². The summed E-state index contributed by atoms with van der Waals surface area (Å²) in [7, 11) is -2.07. The van der Waals surface area contributed by atoms with E-state index in [-0.39, 0.29) is 0 Å². The van der Waals surface area contributed by atoms with Gasteiger partial charge in [-0.15, -0.1) is 0 Å². The molecule has 0 amide bonds. The van der Waals surface area contributed by atoms with Gasteiger partial charge in [-0.25, -0.2) is 0 Å². The van der Waals surface area contributed by atoms with Crippen LogP contribution < -0.4 is 0 Å². The van der Waals surface area contributed by atoms with Crippen LogP contribution in [0.15, 0.2) is 0 Å². The second-order valence-corrected chi connectivity index (χ2v) is 5.37. The van der Waals surface area contributed by atoms with Crippen LogP contribution in [0.5, 0.6) is 0 Å². The van der Waals surface area contributed by atoms with E-state index in [1.165, 1.54) is 0 Å². The lowest BCUT2D eigenvalue weighted by atomic mass is 10.9. The molecule has 0 unspecified atom stereocenters. The molecule has 0 aliphatic heterocycles. The van der Waals surface area contributed by atoms with Gasteiger partial charge in [0.1, 0.15) is 0 Å². The predicted molar refractivity (Wildman–Crippen MR) is 36.3 cm³/mol. The number of carbonyl (C=O) groups excluding carboxylic acids is 1. The summed E-state index contributed by atoms with van der Waals surface area (Å²) in [5.74, 6) is 0. The van der Waals surface area contributed by atoms with Crippen LogP contribution in [0.1, 0.15) is 6.92 Å². The molecular formula is C5H12O3Si. The summed E-state index contributed by atoms with van der Waals surface area (Å²) < 4.78 is 9.86. The molecule has 0 aromatic heterocycles. The van der Waals surface area contributed by atoms with Crippen molar-refractivity contribution in [2.45, 2.75) is 20.0 Å². The predicted octanol–water partition coefficient (Wildman–Crippen LogP) is 0.898. The van der Waals surface area contributed by atoms with Gasteiger partial charge in [-0.2, -0.15) is 0 Å². The Hall–Kier alpha value is -0.353. The lowest BCUT2D eigenvalue weighted by Gasteiger charge is -2.17. The van der Waals surface area contributed by atoms with Crippen LogP contribution in [0.4, 0.5) is 0 Å². The molecule has 0 spiro atoms. The van der Waals surface area contributed by atoms with E-state index in [1.807, 2.05) is 20.0 Å². The maximum atomic E-state index is 9.83. The van der Waals surface area contributed by atoms with Crippen LogP contribution in [-0.2, 0) is 13.6 Å². The summed E-state index contributed by atoms with van der Waals surface area (Å²) in [6, 6.07) is 0. The fourth-order valence-electron chi connectivity index (χ4n) is 0.497. The Morgan fingerprint density at radius 2 is 2.11 bits per heavy atom. The molecule has 0 radical (unpaired) electrons. The number of hydrogen-bond acceptors (Lipinski definition) is 3. The first-order valence-electron chi connectivity index (χ1n) is 2.88. The second-order valence-electron chi connectivity index (χ2n) is 2.05. The Morgan fingerprint density at radius 3 is 2.44 bits per heavy atom. The smallest absolute Gasteiger partial charge is 0.394 e. The van der Waals surface area contributed by atoms with Crippen molar-refractivity contribution in [3.8, 4) is 0 Å². The molecule has 0 heterocycles. The highest BCUT2D eigenvalue weighted by Crippen LogP contribution is 2.02. The van der Waals surface area contributed by atoms with E-state index >= 15 is 0 Å². The Morgan fingerprint density at radius 1 is 1.56 bits per heavy atom. The summed E-state index contributed by atoms with van der Waals surface area (Å²) in [6.07, 6.45) is 0. The average molecular weight is 148 g/mol. The number of carbonyl (C=O) groups is 1. The van der Waals surface area contributed by atoms with Crippen molar-refractivity contribution >= 4 is 15.0 Å². The second kappa shape index (κ2) is 3.63. The van der Waals surface area contributed by atoms with Gasteiger partial charge < -0.3 is 8.85 Å². The first kappa shape index (κ1) is 8.65. The summed E-state index contributed by atoms with van der Waals surface area (Å²) >= 11 is 0. The summed E-state index contributed by atoms with van der Waals surface area (Å²) in [5, 5.41) is 0. The van der Waals surface area contributed by atoms with E-state index in [1.54, 1.807) is 0 Å². The highest BCUT2D eigenvalue weighted by Gasteiger charge is 2.24. The lowest BCUT2D eigenvalue weighted by molar-refractivity contribution is -0.122. The van der Waals surface area contributed by atoms with Gasteiger partial charge in [0.05, 0.1) is 0 Å². The van der Waals surface area contributed by atoms with Crippen molar-refractivity contribution in [1.29, 1.82) is 0 Å². The molecule has 54 valence electrons. The highest BCUT2D eigenvalue weighted by atomic mass is 28.4. The molecule has 9 heavy (non-hydrogen) atoms. The van der Waals surface area contributed by atoms with Crippen LogP contribution in [-0.4, -0.2) is 21.6 Å². The average Bonchev–Trinajstić information content (AvgIpc) is 1.64. The van der Waals surface area contributed by atoms with Crippen molar-refractivity contribution in [3.63, 3.8) is 0 Å². The third-order valence-corrected chi connectivity index (χ3v) is 2.47. The van der Waals surface area contributed by atoms with Gasteiger partial charge in [-0.1, -0.05) is 0 Å². The molecule has 0 fully saturated rings. The minimum Gasteiger partial charge on any atom is -0.497 e. The molecule has 0 saturated heterocycles. The van der Waals surface area contributed by atoms with Gasteiger partial charge in [-0.3, -0.25) is 4.79 Å². The standard InChI is InChI=1S/C5H12O3Si/c1-4-7-9(2,3)8-5-6/h5H,4H2,1-3H3. The zero-order valence-electron chi connectivity index (χ0n) is 6.01. The van der Waals surface area contributed by atoms with Crippen LogP contribution >= 0.6 is 0 Å². The Labute approximate surface area is 56.2 Å². The van der Waals surface area contributed by atoms with Crippen LogP contribution in [0.25, 0.3) is 0 Å². The van der Waals surface area contributed by atoms with Crippen molar-refractivity contribution in [1.82, 2.24) is 0 Å². The zero-order valence-corrected chi connectivity index (χ0v) is 7.01. The third-order valence-electron chi connectivity index (χ3n) is 0.824. The topological polar surface area (TPSA) is 35.5 Å². The van der Waals surface area contributed by atoms with Crippen LogP contribution in [0.3, 0.4) is 0 Å². The molecule has 0 saturated carbocycles. The molecule has 0 atom stereocenters. The molecular weight excluding hydrogens is 136 g/mol. The number of rotatable bonds is 4. The molecule has 0 N–H and O–H groups in total. The summed E-state index contributed by atoms with van der Waals surface area (Å²) in [6.45, 7) is 6.58. The van der Waals surface area contributed by atoms with Gasteiger partial charge >= 0.3 is 8.56 Å². The summed E-state index contributed by atoms with van der Waals surface area (Å²) in [5.41, 5.74) is 0. The third kappa shape index (κ3) is 4.17. The van der Waals surface area contributed by atoms with Crippen molar-refractivity contribution in [2.75, 3.05) is 6.61 Å². The molecule has 0 aromatic carbocycles. The van der Waals surface area contributed by atoms with Gasteiger partial charge in [0, 0.05) is 6.61 Å². The monoisotopic (exact) mass is 148 g/mol. The molecule has 0 aromatic rings. The van der Waals surface area contributed by atoms with E-state index in [0.29, 0.717) is 13.1 Å². The fourth-order valence-corrected chi connectivity index (χ4v) is 1.49. The molecule has 3 nitrogen and oxygen atoms in total. The van der Waals surface area contributed by atoms with Gasteiger partial charge in [0.2, 0.25) is 0 Å². The van der Waals surface area contributed by atoms with E-state index in [0.717, 1.165) is 0 Å². The van der Waals surface area contributed by atoms with Crippen LogP contribution in [0, 0.1) is 0 Å². The molecule has 0 aliphatic carbocycles. The summed E-state index contributed by atoms with van der Waals surface area (Å²) in [4.78, 5) is 9.83. The Kier molecular flexibility index (Phi) is 3.49. The van der Waals surface area contributed by atoms with E-state index in [4.69, 9.17) is 8.85 Å². The maximum Gasteiger partial charge on any atom is 0.394 e. The van der Waals surface area contributed by atoms with E-state index < -0.39 is 8.56 Å². The quantitative estimate of drug-likeness (QED) is 0.439. The largest absolute Gasteiger partial charge is 0.497 e. The maximum absolute atomic E-state index is 9.83. The van der Waals surface area contributed by atoms with Crippen molar-refractivity contribution in [3.05, 3.63) is 0 Å². The molecule has 0 aliphatic rings. The number of hydrogen-bond donors (Lipinski definition) is 0. The highest BCUT2D eigenvalue weighted by molar-refractivity contribution is 6.65. The minimum atomic E-state index is -2.07.